The number of rotatable bonds is 5. The first kappa shape index (κ1) is 24.0. The maximum absolute atomic E-state index is 12.7. The third-order valence-corrected chi connectivity index (χ3v) is 7.21. The summed E-state index contributed by atoms with van der Waals surface area (Å²) < 4.78 is 10.4. The Kier molecular flexibility index (Phi) is 7.09. The average molecular weight is 476 g/mol. The van der Waals surface area contributed by atoms with Crippen molar-refractivity contribution in [1.29, 1.82) is 0 Å². The number of benzene rings is 1. The smallest absolute Gasteiger partial charge is 0.257 e. The van der Waals surface area contributed by atoms with Gasteiger partial charge in [0, 0.05) is 10.4 Å². The summed E-state index contributed by atoms with van der Waals surface area (Å²) in [5, 5.41) is 6.34. The molecule has 9 heteroatoms. The lowest BCUT2D eigenvalue weighted by molar-refractivity contribution is 0.0975. The molecule has 1 atom stereocenters. The van der Waals surface area contributed by atoms with E-state index < -0.39 is 11.8 Å². The van der Waals surface area contributed by atoms with Crippen LogP contribution in [-0.4, -0.2) is 31.1 Å². The molecule has 0 saturated carbocycles. The summed E-state index contributed by atoms with van der Waals surface area (Å²) in [6, 6.07) is 4.83. The molecule has 1 aromatic heterocycles. The van der Waals surface area contributed by atoms with Gasteiger partial charge in [0.15, 0.2) is 16.6 Å². The van der Waals surface area contributed by atoms with Gasteiger partial charge >= 0.3 is 0 Å². The van der Waals surface area contributed by atoms with Crippen molar-refractivity contribution in [2.24, 2.45) is 17.1 Å². The molecule has 0 radical (unpaired) electrons. The van der Waals surface area contributed by atoms with Crippen LogP contribution >= 0.6 is 23.6 Å². The molecule has 0 aliphatic heterocycles. The van der Waals surface area contributed by atoms with Gasteiger partial charge in [-0.05, 0) is 66.6 Å². The highest BCUT2D eigenvalue weighted by atomic mass is 32.1. The van der Waals surface area contributed by atoms with Gasteiger partial charge in [0.1, 0.15) is 5.00 Å². The molecule has 1 aromatic carbocycles. The maximum Gasteiger partial charge on any atom is 0.257 e. The van der Waals surface area contributed by atoms with E-state index in [-0.39, 0.29) is 10.5 Å². The molecule has 3 rings (SSSR count). The number of nitrogens with one attached hydrogen (secondary N) is 2. The molecule has 0 spiro atoms. The second-order valence-electron chi connectivity index (χ2n) is 8.86. The monoisotopic (exact) mass is 475 g/mol. The Hall–Kier alpha value is -2.65. The van der Waals surface area contributed by atoms with Crippen LogP contribution in [0.2, 0.25) is 0 Å². The number of methoxy groups -OCH3 is 2. The SMILES string of the molecule is COc1ccc(C(=O)NC(=S)Nc2sc3c(c2C(N)=O)CCC(C(C)(C)C)C3)cc1OC. The molecule has 1 aliphatic rings. The summed E-state index contributed by atoms with van der Waals surface area (Å²) in [7, 11) is 3.02. The number of nitrogens with two attached hydrogens (primary N) is 1. The summed E-state index contributed by atoms with van der Waals surface area (Å²) >= 11 is 6.83. The first-order chi connectivity index (χ1) is 15.0. The first-order valence-corrected chi connectivity index (χ1v) is 11.6. The number of hydrogen-bond acceptors (Lipinski definition) is 6. The van der Waals surface area contributed by atoms with Crippen LogP contribution < -0.4 is 25.8 Å². The van der Waals surface area contributed by atoms with E-state index in [0.717, 1.165) is 29.7 Å². The van der Waals surface area contributed by atoms with Gasteiger partial charge in [-0.15, -0.1) is 11.3 Å². The quantitative estimate of drug-likeness (QED) is 0.562. The van der Waals surface area contributed by atoms with Crippen LogP contribution in [0.4, 0.5) is 5.00 Å². The first-order valence-electron chi connectivity index (χ1n) is 10.3. The number of primary amides is 1. The minimum atomic E-state index is -0.492. The van der Waals surface area contributed by atoms with Crippen LogP contribution in [0, 0.1) is 11.3 Å². The van der Waals surface area contributed by atoms with E-state index in [1.54, 1.807) is 18.2 Å². The van der Waals surface area contributed by atoms with Gasteiger partial charge < -0.3 is 20.5 Å². The highest BCUT2D eigenvalue weighted by Gasteiger charge is 2.33. The second kappa shape index (κ2) is 9.46. The third-order valence-electron chi connectivity index (χ3n) is 5.84. The highest BCUT2D eigenvalue weighted by molar-refractivity contribution is 7.80. The summed E-state index contributed by atoms with van der Waals surface area (Å²) in [4.78, 5) is 26.0. The van der Waals surface area contributed by atoms with Gasteiger partial charge in [-0.1, -0.05) is 20.8 Å². The van der Waals surface area contributed by atoms with Crippen LogP contribution in [-0.2, 0) is 12.8 Å². The fourth-order valence-electron chi connectivity index (χ4n) is 3.96. The number of carbonyl (C=O) groups is 2. The zero-order chi connectivity index (χ0) is 23.6. The molecule has 0 fully saturated rings. The van der Waals surface area contributed by atoms with Crippen molar-refractivity contribution in [3.63, 3.8) is 0 Å². The third kappa shape index (κ3) is 5.05. The Bertz CT molecular complexity index is 1060. The van der Waals surface area contributed by atoms with Crippen molar-refractivity contribution < 1.29 is 19.1 Å². The highest BCUT2D eigenvalue weighted by Crippen LogP contribution is 2.44. The second-order valence-corrected chi connectivity index (χ2v) is 10.4. The minimum Gasteiger partial charge on any atom is -0.493 e. The van der Waals surface area contributed by atoms with Crippen LogP contribution in [0.1, 0.15) is 58.3 Å². The van der Waals surface area contributed by atoms with Crippen LogP contribution in [0.15, 0.2) is 18.2 Å². The molecule has 4 N–H and O–H groups in total. The van der Waals surface area contributed by atoms with Crippen molar-refractivity contribution in [3.05, 3.63) is 39.8 Å². The van der Waals surface area contributed by atoms with E-state index in [1.165, 1.54) is 25.6 Å². The molecule has 2 aromatic rings. The Morgan fingerprint density at radius 1 is 1.19 bits per heavy atom. The molecule has 0 bridgehead atoms. The van der Waals surface area contributed by atoms with E-state index >= 15 is 0 Å². The molecule has 1 aliphatic carbocycles. The Balaban J connectivity index is 1.77. The molecule has 7 nitrogen and oxygen atoms in total. The predicted octanol–water partition coefficient (Wildman–Crippen LogP) is 4.14. The molecule has 0 saturated heterocycles. The molecule has 172 valence electrons. The summed E-state index contributed by atoms with van der Waals surface area (Å²) in [5.41, 5.74) is 7.72. The normalized spacial score (nSPS) is 15.5. The molecule has 1 heterocycles. The van der Waals surface area contributed by atoms with E-state index in [9.17, 15) is 9.59 Å². The lowest BCUT2D eigenvalue weighted by atomic mass is 9.72. The van der Waals surface area contributed by atoms with Crippen molar-refractivity contribution in [3.8, 4) is 11.5 Å². The Labute approximate surface area is 197 Å². The zero-order valence-electron chi connectivity index (χ0n) is 19.0. The van der Waals surface area contributed by atoms with Gasteiger partial charge in [0.05, 0.1) is 19.8 Å². The fraction of sp³-hybridized carbons (Fsp3) is 0.435. The Morgan fingerprint density at radius 3 is 2.47 bits per heavy atom. The number of amides is 2. The minimum absolute atomic E-state index is 0.0956. The number of hydrogen-bond donors (Lipinski definition) is 3. The van der Waals surface area contributed by atoms with Crippen LogP contribution in [0.25, 0.3) is 0 Å². The van der Waals surface area contributed by atoms with Gasteiger partial charge in [0.2, 0.25) is 0 Å². The van der Waals surface area contributed by atoms with Gasteiger partial charge in [0.25, 0.3) is 11.8 Å². The van der Waals surface area contributed by atoms with Gasteiger partial charge in [-0.3, -0.25) is 14.9 Å². The summed E-state index contributed by atoms with van der Waals surface area (Å²) in [5.74, 6) is 0.591. The van der Waals surface area contributed by atoms with E-state index in [2.05, 4.69) is 31.4 Å². The van der Waals surface area contributed by atoms with Crippen molar-refractivity contribution >= 4 is 45.5 Å². The molecular weight excluding hydrogens is 446 g/mol. The largest absolute Gasteiger partial charge is 0.493 e. The number of anilines is 1. The van der Waals surface area contributed by atoms with E-state index in [1.807, 2.05) is 0 Å². The zero-order valence-corrected chi connectivity index (χ0v) is 20.6. The van der Waals surface area contributed by atoms with E-state index in [0.29, 0.717) is 33.5 Å². The van der Waals surface area contributed by atoms with Crippen molar-refractivity contribution in [2.75, 3.05) is 19.5 Å². The molecule has 32 heavy (non-hydrogen) atoms. The summed E-state index contributed by atoms with van der Waals surface area (Å²) in [6.45, 7) is 6.72. The number of fused-ring (bicyclic) bond motifs is 1. The van der Waals surface area contributed by atoms with Gasteiger partial charge in [-0.25, -0.2) is 0 Å². The predicted molar refractivity (Wildman–Crippen MR) is 131 cm³/mol. The lowest BCUT2D eigenvalue weighted by Crippen LogP contribution is -2.34. The van der Waals surface area contributed by atoms with E-state index in [4.69, 9.17) is 27.4 Å². The number of thiocarbonyl (C=S) groups is 1. The average Bonchev–Trinajstić information content (AvgIpc) is 3.09. The molecule has 2 amide bonds. The topological polar surface area (TPSA) is 103 Å². The molecular formula is C23H29N3O4S2. The number of carbonyl (C=O) groups excluding carboxylic acids is 2. The standard InChI is InChI=1S/C23H29N3O4S2/c1-23(2,3)13-7-8-14-17(11-13)32-21(18(14)19(24)27)26-22(31)25-20(28)12-6-9-15(29-4)16(10-12)30-5/h6,9-10,13H,7-8,11H2,1-5H3,(H2,24,27)(H2,25,26,28,31). The van der Waals surface area contributed by atoms with Crippen LogP contribution in [0.3, 0.4) is 0 Å². The van der Waals surface area contributed by atoms with Gasteiger partial charge in [-0.2, -0.15) is 0 Å². The number of ether oxygens (including phenoxy) is 2. The lowest BCUT2D eigenvalue weighted by Gasteiger charge is -2.33. The number of thiophene rings is 1. The molecule has 1 unspecified atom stereocenters. The summed E-state index contributed by atoms with van der Waals surface area (Å²) in [6.07, 6.45) is 2.71. The van der Waals surface area contributed by atoms with Crippen LogP contribution in [0.5, 0.6) is 11.5 Å². The van der Waals surface area contributed by atoms with Crippen molar-refractivity contribution in [2.45, 2.75) is 40.0 Å². The Morgan fingerprint density at radius 2 is 1.88 bits per heavy atom. The fourth-order valence-corrected chi connectivity index (χ4v) is 5.56. The van der Waals surface area contributed by atoms with Crippen molar-refractivity contribution in [1.82, 2.24) is 5.32 Å². The maximum atomic E-state index is 12.7.